The van der Waals surface area contributed by atoms with Crippen LogP contribution in [0.2, 0.25) is 0 Å². The molecule has 0 saturated carbocycles. The molecule has 4 rings (SSSR count). The number of carbonyl (C=O) groups is 1. The molecule has 30 heavy (non-hydrogen) atoms. The largest absolute Gasteiger partial charge is 0.484 e. The van der Waals surface area contributed by atoms with E-state index in [1.807, 2.05) is 67.7 Å². The smallest absolute Gasteiger partial charge is 0.262 e. The molecule has 0 aliphatic heterocycles. The van der Waals surface area contributed by atoms with Crippen molar-refractivity contribution in [2.75, 3.05) is 17.2 Å². The van der Waals surface area contributed by atoms with Crippen LogP contribution >= 0.6 is 0 Å². The average Bonchev–Trinajstić information content (AvgIpc) is 3.30. The van der Waals surface area contributed by atoms with Crippen molar-refractivity contribution in [1.29, 1.82) is 0 Å². The van der Waals surface area contributed by atoms with Gasteiger partial charge >= 0.3 is 0 Å². The van der Waals surface area contributed by atoms with Crippen LogP contribution in [0.5, 0.6) is 5.75 Å². The van der Waals surface area contributed by atoms with E-state index in [2.05, 4.69) is 25.6 Å². The van der Waals surface area contributed by atoms with Crippen LogP contribution in [0.1, 0.15) is 5.56 Å². The van der Waals surface area contributed by atoms with E-state index in [0.29, 0.717) is 23.1 Å². The van der Waals surface area contributed by atoms with Gasteiger partial charge in [0.1, 0.15) is 30.0 Å². The number of amides is 1. The van der Waals surface area contributed by atoms with Crippen molar-refractivity contribution in [2.24, 2.45) is 0 Å². The van der Waals surface area contributed by atoms with Crippen molar-refractivity contribution in [2.45, 2.75) is 6.92 Å². The summed E-state index contributed by atoms with van der Waals surface area (Å²) in [6.07, 6.45) is 6.66. The highest BCUT2D eigenvalue weighted by molar-refractivity contribution is 5.92. The fourth-order valence-corrected chi connectivity index (χ4v) is 2.72. The lowest BCUT2D eigenvalue weighted by atomic mass is 10.2. The lowest BCUT2D eigenvalue weighted by Crippen LogP contribution is -2.20. The van der Waals surface area contributed by atoms with Crippen molar-refractivity contribution in [3.8, 4) is 11.6 Å². The number of hydrogen-bond acceptors (Lipinski definition) is 6. The van der Waals surface area contributed by atoms with E-state index in [1.165, 1.54) is 6.33 Å². The fourth-order valence-electron chi connectivity index (χ4n) is 2.72. The molecule has 0 aliphatic carbocycles. The van der Waals surface area contributed by atoms with Gasteiger partial charge < -0.3 is 15.4 Å². The molecular weight excluding hydrogens is 380 g/mol. The predicted molar refractivity (Wildman–Crippen MR) is 114 cm³/mol. The van der Waals surface area contributed by atoms with Gasteiger partial charge in [0.25, 0.3) is 5.91 Å². The molecule has 0 fully saturated rings. The Balaban J connectivity index is 1.32. The number of ether oxygens (including phenoxy) is 1. The van der Waals surface area contributed by atoms with Gasteiger partial charge in [-0.2, -0.15) is 0 Å². The molecule has 1 amide bonds. The summed E-state index contributed by atoms with van der Waals surface area (Å²) in [6.45, 7) is 1.94. The molecule has 0 atom stereocenters. The van der Waals surface area contributed by atoms with Gasteiger partial charge in [0.15, 0.2) is 6.61 Å². The van der Waals surface area contributed by atoms with E-state index in [4.69, 9.17) is 4.74 Å². The zero-order chi connectivity index (χ0) is 20.8. The van der Waals surface area contributed by atoms with Crippen molar-refractivity contribution < 1.29 is 9.53 Å². The number of anilines is 3. The highest BCUT2D eigenvalue weighted by Crippen LogP contribution is 2.19. The number of hydrogen-bond donors (Lipinski definition) is 2. The molecule has 2 aromatic heterocycles. The second-order valence-corrected chi connectivity index (χ2v) is 6.58. The SMILES string of the molecule is Cc1ccc(OCC(=O)Nc2ccc(Nc3cc(-n4ccnc4)ncn3)cc2)cc1. The fraction of sp³-hybridized carbons (Fsp3) is 0.0909. The monoisotopic (exact) mass is 400 g/mol. The molecule has 0 bridgehead atoms. The molecule has 2 N–H and O–H groups in total. The van der Waals surface area contributed by atoms with Gasteiger partial charge in [-0.3, -0.25) is 9.36 Å². The van der Waals surface area contributed by atoms with E-state index in [1.54, 1.807) is 17.1 Å². The molecule has 4 aromatic rings. The average molecular weight is 400 g/mol. The van der Waals surface area contributed by atoms with Crippen LogP contribution < -0.4 is 15.4 Å². The van der Waals surface area contributed by atoms with Crippen LogP contribution in [-0.2, 0) is 4.79 Å². The molecule has 0 saturated heterocycles. The van der Waals surface area contributed by atoms with Crippen LogP contribution in [0.25, 0.3) is 5.82 Å². The number of rotatable bonds is 7. The van der Waals surface area contributed by atoms with Crippen LogP contribution in [0.3, 0.4) is 0 Å². The summed E-state index contributed by atoms with van der Waals surface area (Å²) < 4.78 is 7.29. The van der Waals surface area contributed by atoms with Gasteiger partial charge in [-0.05, 0) is 43.3 Å². The van der Waals surface area contributed by atoms with Crippen LogP contribution in [0.15, 0.2) is 79.6 Å². The van der Waals surface area contributed by atoms with E-state index >= 15 is 0 Å². The van der Waals surface area contributed by atoms with Crippen molar-refractivity contribution >= 4 is 23.1 Å². The van der Waals surface area contributed by atoms with Crippen molar-refractivity contribution in [3.05, 3.63) is 85.2 Å². The van der Waals surface area contributed by atoms with E-state index in [0.717, 1.165) is 11.3 Å². The second-order valence-electron chi connectivity index (χ2n) is 6.58. The maximum absolute atomic E-state index is 12.1. The number of nitrogens with one attached hydrogen (secondary N) is 2. The van der Waals surface area contributed by atoms with E-state index in [-0.39, 0.29) is 12.5 Å². The predicted octanol–water partition coefficient (Wildman–Crippen LogP) is 3.73. The summed E-state index contributed by atoms with van der Waals surface area (Å²) in [5.74, 6) is 1.80. The highest BCUT2D eigenvalue weighted by atomic mass is 16.5. The number of aryl methyl sites for hydroxylation is 1. The topological polar surface area (TPSA) is 94.0 Å². The van der Waals surface area contributed by atoms with Gasteiger partial charge in [-0.15, -0.1) is 0 Å². The van der Waals surface area contributed by atoms with Gasteiger partial charge in [-0.25, -0.2) is 15.0 Å². The summed E-state index contributed by atoms with van der Waals surface area (Å²) >= 11 is 0. The zero-order valence-corrected chi connectivity index (χ0v) is 16.3. The Labute approximate surface area is 173 Å². The molecule has 0 radical (unpaired) electrons. The third kappa shape index (κ3) is 4.99. The van der Waals surface area contributed by atoms with Crippen molar-refractivity contribution in [1.82, 2.24) is 19.5 Å². The Morgan fingerprint density at radius 1 is 1.03 bits per heavy atom. The van der Waals surface area contributed by atoms with Gasteiger partial charge in [0.05, 0.1) is 0 Å². The minimum Gasteiger partial charge on any atom is -0.484 e. The third-order valence-electron chi connectivity index (χ3n) is 4.25. The normalized spacial score (nSPS) is 10.4. The van der Waals surface area contributed by atoms with Gasteiger partial charge in [0.2, 0.25) is 0 Å². The maximum Gasteiger partial charge on any atom is 0.262 e. The van der Waals surface area contributed by atoms with Crippen LogP contribution in [-0.4, -0.2) is 32.0 Å². The first-order valence-corrected chi connectivity index (χ1v) is 9.32. The highest BCUT2D eigenvalue weighted by Gasteiger charge is 2.05. The zero-order valence-electron chi connectivity index (χ0n) is 16.3. The molecule has 8 nitrogen and oxygen atoms in total. The first kappa shape index (κ1) is 19.1. The van der Waals surface area contributed by atoms with Gasteiger partial charge in [0, 0.05) is 29.8 Å². The number of imidazole rings is 1. The molecule has 0 spiro atoms. The Morgan fingerprint density at radius 3 is 2.53 bits per heavy atom. The lowest BCUT2D eigenvalue weighted by molar-refractivity contribution is -0.118. The van der Waals surface area contributed by atoms with Crippen LogP contribution in [0.4, 0.5) is 17.2 Å². The summed E-state index contributed by atoms with van der Waals surface area (Å²) in [5, 5.41) is 6.03. The Hall–Kier alpha value is -4.20. The van der Waals surface area contributed by atoms with E-state index in [9.17, 15) is 4.79 Å². The van der Waals surface area contributed by atoms with E-state index < -0.39 is 0 Å². The first-order chi connectivity index (χ1) is 14.7. The molecule has 0 aliphatic rings. The molecule has 2 heterocycles. The molecule has 150 valence electrons. The van der Waals surface area contributed by atoms with Gasteiger partial charge in [-0.1, -0.05) is 17.7 Å². The molecular formula is C22H20N6O2. The van der Waals surface area contributed by atoms with Crippen LogP contribution in [0, 0.1) is 6.92 Å². The van der Waals surface area contributed by atoms with Crippen molar-refractivity contribution in [3.63, 3.8) is 0 Å². The Kier molecular flexibility index (Phi) is 5.66. The minimum absolute atomic E-state index is 0.0545. The minimum atomic E-state index is -0.225. The summed E-state index contributed by atoms with van der Waals surface area (Å²) in [4.78, 5) is 24.6. The number of benzene rings is 2. The first-order valence-electron chi connectivity index (χ1n) is 9.32. The lowest BCUT2D eigenvalue weighted by Gasteiger charge is -2.10. The Morgan fingerprint density at radius 2 is 1.80 bits per heavy atom. The summed E-state index contributed by atoms with van der Waals surface area (Å²) in [5.41, 5.74) is 2.65. The molecule has 0 unspecified atom stereocenters. The molecule has 2 aromatic carbocycles. The maximum atomic E-state index is 12.1. The third-order valence-corrected chi connectivity index (χ3v) is 4.25. The standard InChI is InChI=1S/C22H20N6O2/c1-16-2-8-19(9-3-16)30-13-22(29)27-18-6-4-17(5-7-18)26-20-12-21(25-14-24-20)28-11-10-23-15-28/h2-12,14-15H,13H2,1H3,(H,27,29)(H,24,25,26). The number of carbonyl (C=O) groups excluding carboxylic acids is 1. The second kappa shape index (κ2) is 8.87. The quantitative estimate of drug-likeness (QED) is 0.491. The molecule has 8 heteroatoms. The number of aromatic nitrogens is 4. The Bertz CT molecular complexity index is 1110. The summed E-state index contributed by atoms with van der Waals surface area (Å²) in [7, 11) is 0. The summed E-state index contributed by atoms with van der Waals surface area (Å²) in [6, 6.07) is 16.7. The number of nitrogens with zero attached hydrogens (tertiary/aromatic N) is 4.